The average Bonchev–Trinajstić information content (AvgIpc) is 3.35. The Morgan fingerprint density at radius 1 is 0.885 bits per heavy atom. The summed E-state index contributed by atoms with van der Waals surface area (Å²) in [7, 11) is 0. The van der Waals surface area contributed by atoms with Crippen molar-refractivity contribution >= 4 is 22.4 Å². The molecular weight excluding hydrogens is 336 g/mol. The van der Waals surface area contributed by atoms with Crippen LogP contribution in [0.15, 0.2) is 48.0 Å². The Hall–Kier alpha value is -2.39. The van der Waals surface area contributed by atoms with Gasteiger partial charge in [-0.2, -0.15) is 4.37 Å². The van der Waals surface area contributed by atoms with Gasteiger partial charge in [0.1, 0.15) is 0 Å². The third-order valence-corrected chi connectivity index (χ3v) is 5.89. The van der Waals surface area contributed by atoms with Crippen LogP contribution in [-0.4, -0.2) is 9.36 Å². The maximum absolute atomic E-state index is 4.77. The number of fused-ring (bicyclic) bond motifs is 1. The summed E-state index contributed by atoms with van der Waals surface area (Å²) in [6.45, 7) is 6.76. The van der Waals surface area contributed by atoms with E-state index in [2.05, 4.69) is 67.5 Å². The summed E-state index contributed by atoms with van der Waals surface area (Å²) >= 11 is 1.54. The van der Waals surface area contributed by atoms with Gasteiger partial charge in [-0.25, -0.2) is 0 Å². The predicted molar refractivity (Wildman–Crippen MR) is 113 cm³/mol. The molecule has 0 unspecified atom stereocenters. The Labute approximate surface area is 159 Å². The number of aromatic nitrogens is 2. The first-order valence-electron chi connectivity index (χ1n) is 9.42. The van der Waals surface area contributed by atoms with Crippen LogP contribution in [-0.2, 0) is 19.3 Å². The summed E-state index contributed by atoms with van der Waals surface area (Å²) in [5.41, 5.74) is 10.4. The highest BCUT2D eigenvalue weighted by molar-refractivity contribution is 7.04. The number of nitrogens with zero attached hydrogens (tertiary/aromatic N) is 1. The van der Waals surface area contributed by atoms with Crippen molar-refractivity contribution < 1.29 is 0 Å². The topological polar surface area (TPSA) is 28.7 Å². The fourth-order valence-electron chi connectivity index (χ4n) is 3.89. The van der Waals surface area contributed by atoms with E-state index in [-0.39, 0.29) is 0 Å². The molecule has 0 atom stereocenters. The number of benzene rings is 2. The summed E-state index contributed by atoms with van der Waals surface area (Å²) < 4.78 is 4.77. The fraction of sp³-hybridized carbons (Fsp3) is 0.261. The van der Waals surface area contributed by atoms with E-state index >= 15 is 0 Å². The maximum Gasteiger partial charge on any atom is 0.0919 e. The van der Waals surface area contributed by atoms with Gasteiger partial charge in [0.05, 0.1) is 5.69 Å². The third kappa shape index (κ3) is 2.86. The molecule has 0 aliphatic carbocycles. The van der Waals surface area contributed by atoms with Crippen molar-refractivity contribution in [2.45, 2.75) is 40.0 Å². The van der Waals surface area contributed by atoms with E-state index in [1.807, 2.05) is 6.20 Å². The molecule has 0 saturated heterocycles. The number of H-pyrrole nitrogens is 1. The molecule has 132 valence electrons. The molecule has 0 fully saturated rings. The molecule has 4 aromatic rings. The number of rotatable bonds is 5. The van der Waals surface area contributed by atoms with Crippen LogP contribution >= 0.6 is 11.5 Å². The lowest BCUT2D eigenvalue weighted by molar-refractivity contribution is 0.982. The van der Waals surface area contributed by atoms with Crippen molar-refractivity contribution in [3.63, 3.8) is 0 Å². The van der Waals surface area contributed by atoms with Crippen LogP contribution in [0.2, 0.25) is 0 Å². The first-order chi connectivity index (χ1) is 12.7. The Kier molecular flexibility index (Phi) is 4.64. The van der Waals surface area contributed by atoms with E-state index in [1.54, 1.807) is 11.5 Å². The summed E-state index contributed by atoms with van der Waals surface area (Å²) in [5, 5.41) is 3.41. The fourth-order valence-corrected chi connectivity index (χ4v) is 4.60. The molecule has 26 heavy (non-hydrogen) atoms. The van der Waals surface area contributed by atoms with Gasteiger partial charge in [0.15, 0.2) is 0 Å². The largest absolute Gasteiger partial charge is 0.361 e. The molecule has 0 aliphatic heterocycles. The highest BCUT2D eigenvalue weighted by atomic mass is 32.1. The maximum atomic E-state index is 4.77. The summed E-state index contributed by atoms with van der Waals surface area (Å²) in [6, 6.07) is 13.4. The molecule has 0 aliphatic rings. The van der Waals surface area contributed by atoms with Crippen LogP contribution in [0.4, 0.5) is 0 Å². The molecule has 0 saturated carbocycles. The number of hydrogen-bond acceptors (Lipinski definition) is 2. The van der Waals surface area contributed by atoms with E-state index < -0.39 is 0 Å². The van der Waals surface area contributed by atoms with Crippen LogP contribution in [0.3, 0.4) is 0 Å². The quantitative estimate of drug-likeness (QED) is 0.424. The molecular formula is C23H24N2S. The number of nitrogens with one attached hydrogen (secondary N) is 1. The van der Waals surface area contributed by atoms with Gasteiger partial charge < -0.3 is 4.98 Å². The van der Waals surface area contributed by atoms with Gasteiger partial charge >= 0.3 is 0 Å². The van der Waals surface area contributed by atoms with Gasteiger partial charge in [0.2, 0.25) is 0 Å². The van der Waals surface area contributed by atoms with Crippen molar-refractivity contribution in [3.05, 3.63) is 64.7 Å². The SMILES string of the molecule is CCc1cc(-c2nscc2-c2ccc3[nH]ccc3c2)cc(CC)c1CC. The zero-order valence-electron chi connectivity index (χ0n) is 15.6. The molecule has 0 bridgehead atoms. The van der Waals surface area contributed by atoms with Gasteiger partial charge in [-0.1, -0.05) is 26.8 Å². The van der Waals surface area contributed by atoms with E-state index in [9.17, 15) is 0 Å². The van der Waals surface area contributed by atoms with Crippen molar-refractivity contribution in [1.82, 2.24) is 9.36 Å². The van der Waals surface area contributed by atoms with Crippen LogP contribution in [0, 0.1) is 0 Å². The average molecular weight is 361 g/mol. The zero-order chi connectivity index (χ0) is 18.1. The van der Waals surface area contributed by atoms with Gasteiger partial charge in [-0.3, -0.25) is 0 Å². The lowest BCUT2D eigenvalue weighted by Gasteiger charge is -2.14. The third-order valence-electron chi connectivity index (χ3n) is 5.26. The van der Waals surface area contributed by atoms with Crippen LogP contribution < -0.4 is 0 Å². The highest BCUT2D eigenvalue weighted by Gasteiger charge is 2.15. The minimum absolute atomic E-state index is 1.07. The Morgan fingerprint density at radius 3 is 2.35 bits per heavy atom. The second-order valence-corrected chi connectivity index (χ2v) is 7.32. The molecule has 0 spiro atoms. The van der Waals surface area contributed by atoms with Crippen LogP contribution in [0.1, 0.15) is 37.5 Å². The van der Waals surface area contributed by atoms with Gasteiger partial charge in [-0.05, 0) is 88.8 Å². The molecule has 2 nitrogen and oxygen atoms in total. The lowest BCUT2D eigenvalue weighted by Crippen LogP contribution is -1.99. The molecule has 0 radical (unpaired) electrons. The smallest absolute Gasteiger partial charge is 0.0919 e. The molecule has 0 amide bonds. The normalized spacial score (nSPS) is 11.3. The zero-order valence-corrected chi connectivity index (χ0v) is 16.4. The van der Waals surface area contributed by atoms with Crippen molar-refractivity contribution in [2.75, 3.05) is 0 Å². The molecule has 4 rings (SSSR count). The van der Waals surface area contributed by atoms with Gasteiger partial charge in [0.25, 0.3) is 0 Å². The summed E-state index contributed by atoms with van der Waals surface area (Å²) in [6.07, 6.45) is 5.23. The first kappa shape index (κ1) is 17.0. The molecule has 3 heteroatoms. The van der Waals surface area contributed by atoms with Crippen LogP contribution in [0.5, 0.6) is 0 Å². The molecule has 2 aromatic carbocycles. The van der Waals surface area contributed by atoms with Crippen LogP contribution in [0.25, 0.3) is 33.3 Å². The minimum atomic E-state index is 1.07. The van der Waals surface area contributed by atoms with E-state index in [0.717, 1.165) is 25.0 Å². The molecule has 1 N–H and O–H groups in total. The Morgan fingerprint density at radius 2 is 1.65 bits per heavy atom. The lowest BCUT2D eigenvalue weighted by atomic mass is 9.90. The van der Waals surface area contributed by atoms with E-state index in [1.165, 1.54) is 44.3 Å². The van der Waals surface area contributed by atoms with Gasteiger partial charge in [0, 0.05) is 28.2 Å². The Bertz CT molecular complexity index is 1030. The van der Waals surface area contributed by atoms with Crippen molar-refractivity contribution in [3.8, 4) is 22.4 Å². The second kappa shape index (κ2) is 7.08. The minimum Gasteiger partial charge on any atom is -0.361 e. The molecule has 2 aromatic heterocycles. The molecule has 2 heterocycles. The van der Waals surface area contributed by atoms with Crippen molar-refractivity contribution in [2.24, 2.45) is 0 Å². The van der Waals surface area contributed by atoms with Crippen molar-refractivity contribution in [1.29, 1.82) is 0 Å². The first-order valence-corrected chi connectivity index (χ1v) is 10.3. The number of aromatic amines is 1. The number of hydrogen-bond donors (Lipinski definition) is 1. The monoisotopic (exact) mass is 360 g/mol. The highest BCUT2D eigenvalue weighted by Crippen LogP contribution is 2.36. The summed E-state index contributed by atoms with van der Waals surface area (Å²) in [4.78, 5) is 3.27. The van der Waals surface area contributed by atoms with E-state index in [4.69, 9.17) is 4.37 Å². The van der Waals surface area contributed by atoms with Gasteiger partial charge in [-0.15, -0.1) is 0 Å². The predicted octanol–water partition coefficient (Wildman–Crippen LogP) is 6.65. The second-order valence-electron chi connectivity index (χ2n) is 6.69. The van der Waals surface area contributed by atoms with E-state index in [0.29, 0.717) is 0 Å². The standard InChI is InChI=1S/C23H24N2S/c1-4-15-11-19(12-16(5-2)20(15)6-3)23-21(14-26-25-23)17-7-8-22-18(13-17)9-10-24-22/h7-14,24H,4-6H2,1-3H3. The summed E-state index contributed by atoms with van der Waals surface area (Å²) in [5.74, 6) is 0. The Balaban J connectivity index is 1.86. The number of aryl methyl sites for hydroxylation is 2.